The van der Waals surface area contributed by atoms with Gasteiger partial charge in [-0.05, 0) is 55.4 Å². The molecular weight excluding hydrogens is 454 g/mol. The van der Waals surface area contributed by atoms with Crippen molar-refractivity contribution in [1.29, 1.82) is 5.41 Å². The minimum absolute atomic E-state index is 0.0373. The number of hydrogen-bond acceptors (Lipinski definition) is 7. The first-order chi connectivity index (χ1) is 16.3. The molecule has 1 N–H and O–H groups in total. The third kappa shape index (κ3) is 3.84. The summed E-state index contributed by atoms with van der Waals surface area (Å²) in [4.78, 5) is 27.5. The van der Waals surface area contributed by atoms with Crippen LogP contribution in [0.25, 0.3) is 17.4 Å². The molecule has 0 spiro atoms. The average molecular weight is 471 g/mol. The van der Waals surface area contributed by atoms with E-state index in [1.165, 1.54) is 35.0 Å². The van der Waals surface area contributed by atoms with Crippen LogP contribution in [0.3, 0.4) is 0 Å². The van der Waals surface area contributed by atoms with E-state index in [1.54, 1.807) is 18.2 Å². The van der Waals surface area contributed by atoms with Crippen molar-refractivity contribution in [2.45, 2.75) is 13.8 Å². The quantitative estimate of drug-likeness (QED) is 0.319. The molecule has 10 heteroatoms. The summed E-state index contributed by atoms with van der Waals surface area (Å²) in [7, 11) is 0. The second-order valence-electron chi connectivity index (χ2n) is 7.75. The number of furan rings is 1. The molecule has 3 heterocycles. The molecule has 3 aromatic rings. The Morgan fingerprint density at radius 3 is 2.74 bits per heavy atom. The number of nitro groups is 1. The summed E-state index contributed by atoms with van der Waals surface area (Å²) in [6, 6.07) is 15.6. The molecule has 0 bridgehead atoms. The molecule has 0 fully saturated rings. The first-order valence-electron chi connectivity index (χ1n) is 10.2. The molecular formula is C24H17N5O4S. The number of fused-ring (bicyclic) bond motifs is 1. The van der Waals surface area contributed by atoms with Crippen molar-refractivity contribution in [3.8, 4) is 11.3 Å². The first-order valence-corrected chi connectivity index (χ1v) is 11.0. The zero-order valence-corrected chi connectivity index (χ0v) is 18.9. The lowest BCUT2D eigenvalue weighted by Crippen LogP contribution is -2.35. The Labute approximate surface area is 198 Å². The number of aliphatic imine (C=N–C) groups is 1. The van der Waals surface area contributed by atoms with Gasteiger partial charge in [0.2, 0.25) is 5.17 Å². The third-order valence-corrected chi connectivity index (χ3v) is 6.29. The predicted molar refractivity (Wildman–Crippen MR) is 131 cm³/mol. The molecule has 5 rings (SSSR count). The van der Waals surface area contributed by atoms with E-state index in [0.717, 1.165) is 16.7 Å². The molecule has 168 valence electrons. The zero-order valence-electron chi connectivity index (χ0n) is 18.1. The number of benzene rings is 2. The van der Waals surface area contributed by atoms with E-state index in [-0.39, 0.29) is 17.1 Å². The maximum Gasteiger partial charge on any atom is 0.283 e. The van der Waals surface area contributed by atoms with Gasteiger partial charge in [-0.1, -0.05) is 29.8 Å². The van der Waals surface area contributed by atoms with Gasteiger partial charge in [0.15, 0.2) is 5.84 Å². The highest BCUT2D eigenvalue weighted by Crippen LogP contribution is 2.33. The molecule has 2 aliphatic heterocycles. The fourth-order valence-corrected chi connectivity index (χ4v) is 4.48. The fourth-order valence-electron chi connectivity index (χ4n) is 3.59. The van der Waals surface area contributed by atoms with Crippen molar-refractivity contribution >= 4 is 45.5 Å². The van der Waals surface area contributed by atoms with Crippen LogP contribution in [0.2, 0.25) is 0 Å². The molecule has 0 atom stereocenters. The lowest BCUT2D eigenvalue weighted by Gasteiger charge is -2.19. The Kier molecular flexibility index (Phi) is 5.21. The number of amides is 1. The molecule has 2 aromatic carbocycles. The van der Waals surface area contributed by atoms with Crippen LogP contribution in [0.1, 0.15) is 22.5 Å². The SMILES string of the molecule is Cc1cccc(C2=NN3C(=N)/C(=C\c4ccc(-c5cc([N+](=O)[O-])ccc5C)o4)C(=O)N=C3S2)c1. The Morgan fingerprint density at radius 2 is 1.97 bits per heavy atom. The molecule has 1 amide bonds. The Morgan fingerprint density at radius 1 is 1.15 bits per heavy atom. The topological polar surface area (TPSA) is 125 Å². The van der Waals surface area contributed by atoms with Crippen LogP contribution in [-0.4, -0.2) is 31.9 Å². The number of nitrogens with one attached hydrogen (secondary N) is 1. The number of nitrogens with zero attached hydrogens (tertiary/aromatic N) is 4. The molecule has 0 saturated carbocycles. The second kappa shape index (κ2) is 8.23. The third-order valence-electron chi connectivity index (χ3n) is 5.33. The smallest absolute Gasteiger partial charge is 0.283 e. The number of nitro benzene ring substituents is 1. The van der Waals surface area contributed by atoms with Gasteiger partial charge in [-0.15, -0.1) is 0 Å². The predicted octanol–water partition coefficient (Wildman–Crippen LogP) is 5.14. The highest BCUT2D eigenvalue weighted by Gasteiger charge is 2.36. The number of hydrazone groups is 1. The van der Waals surface area contributed by atoms with Gasteiger partial charge in [-0.25, -0.2) is 0 Å². The minimum atomic E-state index is -0.561. The molecule has 0 saturated heterocycles. The summed E-state index contributed by atoms with van der Waals surface area (Å²) < 4.78 is 5.84. The summed E-state index contributed by atoms with van der Waals surface area (Å²) in [6.45, 7) is 3.80. The number of hydrogen-bond donors (Lipinski definition) is 1. The van der Waals surface area contributed by atoms with Crippen molar-refractivity contribution in [3.63, 3.8) is 0 Å². The highest BCUT2D eigenvalue weighted by molar-refractivity contribution is 8.27. The summed E-state index contributed by atoms with van der Waals surface area (Å²) in [5, 5.41) is 26.5. The Hall–Kier alpha value is -4.31. The molecule has 0 aliphatic carbocycles. The van der Waals surface area contributed by atoms with E-state index in [0.29, 0.717) is 27.3 Å². The molecule has 0 radical (unpaired) electrons. The van der Waals surface area contributed by atoms with Crippen LogP contribution in [-0.2, 0) is 4.79 Å². The zero-order chi connectivity index (χ0) is 24.0. The summed E-state index contributed by atoms with van der Waals surface area (Å²) in [5.41, 5.74) is 3.34. The Bertz CT molecular complexity index is 1480. The largest absolute Gasteiger partial charge is 0.457 e. The maximum atomic E-state index is 12.7. The van der Waals surface area contributed by atoms with Crippen LogP contribution in [0.15, 0.2) is 74.7 Å². The summed E-state index contributed by atoms with van der Waals surface area (Å²) in [6.07, 6.45) is 1.44. The number of aryl methyl sites for hydroxylation is 2. The second-order valence-corrected chi connectivity index (χ2v) is 8.71. The normalized spacial score (nSPS) is 16.5. The van der Waals surface area contributed by atoms with Gasteiger partial charge < -0.3 is 4.42 Å². The summed E-state index contributed by atoms with van der Waals surface area (Å²) >= 11 is 1.24. The van der Waals surface area contributed by atoms with Crippen LogP contribution in [0.5, 0.6) is 0 Å². The molecule has 2 aliphatic rings. The van der Waals surface area contributed by atoms with Crippen LogP contribution < -0.4 is 0 Å². The first kappa shape index (κ1) is 21.5. The minimum Gasteiger partial charge on any atom is -0.457 e. The van der Waals surface area contributed by atoms with Gasteiger partial charge in [-0.3, -0.25) is 20.3 Å². The van der Waals surface area contributed by atoms with Crippen molar-refractivity contribution in [3.05, 3.63) is 92.7 Å². The van der Waals surface area contributed by atoms with Crippen molar-refractivity contribution in [2.75, 3.05) is 0 Å². The Balaban J connectivity index is 1.46. The van der Waals surface area contributed by atoms with Crippen molar-refractivity contribution < 1.29 is 14.1 Å². The highest BCUT2D eigenvalue weighted by atomic mass is 32.2. The van der Waals surface area contributed by atoms with Crippen molar-refractivity contribution in [1.82, 2.24) is 5.01 Å². The lowest BCUT2D eigenvalue weighted by molar-refractivity contribution is -0.384. The van der Waals surface area contributed by atoms with Crippen LogP contribution in [0.4, 0.5) is 5.69 Å². The van der Waals surface area contributed by atoms with Crippen LogP contribution >= 0.6 is 11.8 Å². The van der Waals surface area contributed by atoms with Gasteiger partial charge in [-0.2, -0.15) is 15.1 Å². The van der Waals surface area contributed by atoms with Gasteiger partial charge >= 0.3 is 0 Å². The number of thioether (sulfide) groups is 1. The van der Waals surface area contributed by atoms with E-state index in [9.17, 15) is 14.9 Å². The van der Waals surface area contributed by atoms with Gasteiger partial charge in [0.25, 0.3) is 11.6 Å². The summed E-state index contributed by atoms with van der Waals surface area (Å²) in [5.74, 6) is 0.0782. The number of carbonyl (C=O) groups is 1. The average Bonchev–Trinajstić information content (AvgIpc) is 3.44. The van der Waals surface area contributed by atoms with Crippen molar-refractivity contribution in [2.24, 2.45) is 10.1 Å². The monoisotopic (exact) mass is 471 g/mol. The number of rotatable bonds is 4. The number of non-ortho nitro benzene ring substituents is 1. The van der Waals surface area contributed by atoms with E-state index in [1.807, 2.05) is 38.1 Å². The van der Waals surface area contributed by atoms with Crippen LogP contribution in [0, 0.1) is 29.4 Å². The molecule has 34 heavy (non-hydrogen) atoms. The van der Waals surface area contributed by atoms with Gasteiger partial charge in [0.1, 0.15) is 16.6 Å². The lowest BCUT2D eigenvalue weighted by atomic mass is 10.1. The van der Waals surface area contributed by atoms with E-state index >= 15 is 0 Å². The standard InChI is InChI=1S/C24H17N5O4S/c1-13-4-3-5-15(10-13)23-27-28-21(25)19(22(30)26-24(28)34-23)12-17-8-9-20(33-17)18-11-16(29(31)32)7-6-14(18)2/h3-12,25H,1-2H3/b19-12+,25-21?. The van der Waals surface area contributed by atoms with E-state index < -0.39 is 10.8 Å². The molecule has 1 aromatic heterocycles. The maximum absolute atomic E-state index is 12.7. The van der Waals surface area contributed by atoms with E-state index in [4.69, 9.17) is 9.83 Å². The fraction of sp³-hybridized carbons (Fsp3) is 0.0833. The number of carbonyl (C=O) groups excluding carboxylic acids is 1. The molecule has 9 nitrogen and oxygen atoms in total. The van der Waals surface area contributed by atoms with Gasteiger partial charge in [0, 0.05) is 23.3 Å². The number of amidine groups is 2. The van der Waals surface area contributed by atoms with E-state index in [2.05, 4.69) is 10.1 Å². The molecule has 0 unspecified atom stereocenters. The van der Waals surface area contributed by atoms with Gasteiger partial charge in [0.05, 0.1) is 10.5 Å².